The summed E-state index contributed by atoms with van der Waals surface area (Å²) < 4.78 is 1.79. The van der Waals surface area contributed by atoms with Gasteiger partial charge in [-0.1, -0.05) is 26.7 Å². The molecule has 5 heteroatoms. The maximum absolute atomic E-state index is 12.7. The Morgan fingerprint density at radius 3 is 2.33 bits per heavy atom. The number of fused-ring (bicyclic) bond motifs is 1. The monoisotopic (exact) mass is 349 g/mol. The van der Waals surface area contributed by atoms with Crippen LogP contribution < -0.4 is 5.56 Å². The highest BCUT2D eigenvalue weighted by atomic mass is 32.1. The van der Waals surface area contributed by atoms with Gasteiger partial charge >= 0.3 is 0 Å². The highest BCUT2D eigenvalue weighted by Crippen LogP contribution is 2.25. The fraction of sp³-hybridized carbons (Fsp3) is 0.684. The van der Waals surface area contributed by atoms with Gasteiger partial charge in [-0.05, 0) is 58.3 Å². The maximum Gasteiger partial charge on any atom is 0.262 e. The summed E-state index contributed by atoms with van der Waals surface area (Å²) in [4.78, 5) is 21.8. The van der Waals surface area contributed by atoms with Gasteiger partial charge in [-0.15, -0.1) is 11.3 Å². The Balaban J connectivity index is 2.00. The number of rotatable bonds is 10. The summed E-state index contributed by atoms with van der Waals surface area (Å²) in [7, 11) is 0. The number of nitrogens with zero attached hydrogens (tertiary/aromatic N) is 3. The van der Waals surface area contributed by atoms with Crippen LogP contribution in [0, 0.1) is 13.8 Å². The number of hydrogen-bond donors (Lipinski definition) is 0. The van der Waals surface area contributed by atoms with Crippen LogP contribution in [0.15, 0.2) is 11.1 Å². The number of thiophene rings is 1. The van der Waals surface area contributed by atoms with Crippen LogP contribution in [-0.2, 0) is 6.54 Å². The highest BCUT2D eigenvalue weighted by Gasteiger charge is 2.12. The lowest BCUT2D eigenvalue weighted by molar-refractivity contribution is 0.257. The minimum absolute atomic E-state index is 0.121. The first-order chi connectivity index (χ1) is 11.6. The molecule has 2 heterocycles. The van der Waals surface area contributed by atoms with Gasteiger partial charge in [0.25, 0.3) is 5.56 Å². The second kappa shape index (κ2) is 9.33. The average Bonchev–Trinajstić information content (AvgIpc) is 2.86. The van der Waals surface area contributed by atoms with E-state index in [4.69, 9.17) is 0 Å². The van der Waals surface area contributed by atoms with Crippen LogP contribution in [-0.4, -0.2) is 34.1 Å². The van der Waals surface area contributed by atoms with E-state index >= 15 is 0 Å². The highest BCUT2D eigenvalue weighted by molar-refractivity contribution is 7.18. The van der Waals surface area contributed by atoms with Crippen molar-refractivity contribution in [1.29, 1.82) is 0 Å². The van der Waals surface area contributed by atoms with E-state index in [0.717, 1.165) is 35.3 Å². The molecule has 0 fully saturated rings. The van der Waals surface area contributed by atoms with Crippen molar-refractivity contribution in [1.82, 2.24) is 14.5 Å². The van der Waals surface area contributed by atoms with Crippen LogP contribution in [0.1, 0.15) is 56.4 Å². The Labute approximate surface area is 149 Å². The van der Waals surface area contributed by atoms with Crippen molar-refractivity contribution in [3.8, 4) is 0 Å². The zero-order chi connectivity index (χ0) is 17.5. The third-order valence-electron chi connectivity index (χ3n) is 4.68. The molecule has 0 spiro atoms. The molecular weight excluding hydrogens is 318 g/mol. The van der Waals surface area contributed by atoms with Gasteiger partial charge in [0.1, 0.15) is 4.83 Å². The smallest absolute Gasteiger partial charge is 0.262 e. The number of aromatic nitrogens is 2. The third kappa shape index (κ3) is 4.67. The van der Waals surface area contributed by atoms with E-state index in [1.165, 1.54) is 43.6 Å². The fourth-order valence-electron chi connectivity index (χ4n) is 2.99. The van der Waals surface area contributed by atoms with E-state index in [0.29, 0.717) is 0 Å². The van der Waals surface area contributed by atoms with Crippen LogP contribution in [0.4, 0.5) is 0 Å². The second-order valence-electron chi connectivity index (χ2n) is 6.61. The van der Waals surface area contributed by atoms with Gasteiger partial charge in [-0.2, -0.15) is 0 Å². The molecule has 2 aromatic heterocycles. The van der Waals surface area contributed by atoms with E-state index in [2.05, 4.69) is 30.7 Å². The Morgan fingerprint density at radius 2 is 1.71 bits per heavy atom. The Kier molecular flexibility index (Phi) is 7.43. The molecule has 0 bridgehead atoms. The Morgan fingerprint density at radius 1 is 1.08 bits per heavy atom. The molecule has 0 aliphatic rings. The minimum Gasteiger partial charge on any atom is -0.303 e. The third-order valence-corrected chi connectivity index (χ3v) is 5.80. The molecule has 4 nitrogen and oxygen atoms in total. The standard InChI is InChI=1S/C19H31N3OS/c1-5-7-10-21(11-8-6-2)12-9-13-22-14-20-18-17(19(22)23)15(3)16(4)24-18/h14H,5-13H2,1-4H3. The molecule has 0 aliphatic carbocycles. The first kappa shape index (κ1) is 19.1. The Bertz CT molecular complexity index is 696. The van der Waals surface area contributed by atoms with E-state index in [9.17, 15) is 4.79 Å². The van der Waals surface area contributed by atoms with Gasteiger partial charge in [-0.25, -0.2) is 4.98 Å². The maximum atomic E-state index is 12.7. The summed E-state index contributed by atoms with van der Waals surface area (Å²) in [6.45, 7) is 12.7. The zero-order valence-electron chi connectivity index (χ0n) is 15.6. The summed E-state index contributed by atoms with van der Waals surface area (Å²) >= 11 is 1.62. The largest absolute Gasteiger partial charge is 0.303 e. The van der Waals surface area contributed by atoms with Gasteiger partial charge in [0, 0.05) is 11.4 Å². The van der Waals surface area contributed by atoms with Gasteiger partial charge in [0.05, 0.1) is 11.7 Å². The number of hydrogen-bond acceptors (Lipinski definition) is 4. The summed E-state index contributed by atoms with van der Waals surface area (Å²) in [6, 6.07) is 0. The lowest BCUT2D eigenvalue weighted by atomic mass is 10.2. The zero-order valence-corrected chi connectivity index (χ0v) is 16.4. The molecule has 0 saturated heterocycles. The Hall–Kier alpha value is -1.20. The second-order valence-corrected chi connectivity index (χ2v) is 7.81. The molecule has 0 aliphatic heterocycles. The molecule has 24 heavy (non-hydrogen) atoms. The lowest BCUT2D eigenvalue weighted by Gasteiger charge is -2.22. The van der Waals surface area contributed by atoms with Crippen molar-refractivity contribution in [2.45, 2.75) is 66.3 Å². The van der Waals surface area contributed by atoms with E-state index in [-0.39, 0.29) is 5.56 Å². The van der Waals surface area contributed by atoms with Crippen molar-refractivity contribution in [2.24, 2.45) is 0 Å². The summed E-state index contributed by atoms with van der Waals surface area (Å²) in [5.41, 5.74) is 1.21. The number of aryl methyl sites for hydroxylation is 3. The van der Waals surface area contributed by atoms with Crippen molar-refractivity contribution >= 4 is 21.6 Å². The topological polar surface area (TPSA) is 38.1 Å². The normalized spacial score (nSPS) is 11.7. The van der Waals surface area contributed by atoms with E-state index in [1.54, 1.807) is 22.2 Å². The molecule has 0 N–H and O–H groups in total. The molecular formula is C19H31N3OS. The molecule has 2 rings (SSSR count). The van der Waals surface area contributed by atoms with Crippen LogP contribution in [0.5, 0.6) is 0 Å². The molecule has 0 unspecified atom stereocenters. The van der Waals surface area contributed by atoms with Crippen LogP contribution in [0.25, 0.3) is 10.2 Å². The van der Waals surface area contributed by atoms with Crippen molar-refractivity contribution in [3.05, 3.63) is 27.1 Å². The molecule has 2 aromatic rings. The van der Waals surface area contributed by atoms with Crippen LogP contribution in [0.2, 0.25) is 0 Å². The van der Waals surface area contributed by atoms with Crippen LogP contribution in [0.3, 0.4) is 0 Å². The van der Waals surface area contributed by atoms with Crippen LogP contribution >= 0.6 is 11.3 Å². The summed E-state index contributed by atoms with van der Waals surface area (Å²) in [5.74, 6) is 0. The minimum atomic E-state index is 0.121. The van der Waals surface area contributed by atoms with E-state index in [1.807, 2.05) is 6.92 Å². The lowest BCUT2D eigenvalue weighted by Crippen LogP contribution is -2.29. The van der Waals surface area contributed by atoms with Gasteiger partial charge in [0.15, 0.2) is 0 Å². The summed E-state index contributed by atoms with van der Waals surface area (Å²) in [5, 5.41) is 0.814. The van der Waals surface area contributed by atoms with Gasteiger partial charge in [0.2, 0.25) is 0 Å². The van der Waals surface area contributed by atoms with Crippen molar-refractivity contribution in [3.63, 3.8) is 0 Å². The average molecular weight is 350 g/mol. The number of unbranched alkanes of at least 4 members (excludes halogenated alkanes) is 2. The first-order valence-electron chi connectivity index (χ1n) is 9.26. The van der Waals surface area contributed by atoms with Gasteiger partial charge in [-0.3, -0.25) is 9.36 Å². The van der Waals surface area contributed by atoms with Crippen molar-refractivity contribution in [2.75, 3.05) is 19.6 Å². The molecule has 0 saturated carbocycles. The predicted molar refractivity (Wildman–Crippen MR) is 104 cm³/mol. The predicted octanol–water partition coefficient (Wildman–Crippen LogP) is 4.37. The molecule has 0 amide bonds. The van der Waals surface area contributed by atoms with E-state index < -0.39 is 0 Å². The van der Waals surface area contributed by atoms with Gasteiger partial charge < -0.3 is 4.90 Å². The first-order valence-corrected chi connectivity index (χ1v) is 10.1. The quantitative estimate of drug-likeness (QED) is 0.639. The SMILES string of the molecule is CCCCN(CCCC)CCCn1cnc2sc(C)c(C)c2c1=O. The molecule has 134 valence electrons. The molecule has 0 radical (unpaired) electrons. The fourth-order valence-corrected chi connectivity index (χ4v) is 3.98. The summed E-state index contributed by atoms with van der Waals surface area (Å²) in [6.07, 6.45) is 7.71. The molecule has 0 aromatic carbocycles. The van der Waals surface area contributed by atoms with Crippen molar-refractivity contribution < 1.29 is 0 Å². The molecule has 0 atom stereocenters.